The summed E-state index contributed by atoms with van der Waals surface area (Å²) in [5.74, 6) is -1.01. The number of hydrogen-bond acceptors (Lipinski definition) is 7. The van der Waals surface area contributed by atoms with Crippen LogP contribution in [0.4, 0.5) is 8.78 Å². The number of tetrazole rings is 1. The molecule has 9 nitrogen and oxygen atoms in total. The van der Waals surface area contributed by atoms with Crippen molar-refractivity contribution >= 4 is 17.6 Å². The smallest absolute Gasteiger partial charge is 0.364 e. The fourth-order valence-electron chi connectivity index (χ4n) is 1.87. The summed E-state index contributed by atoms with van der Waals surface area (Å²) in [4.78, 5) is 21.2. The summed E-state index contributed by atoms with van der Waals surface area (Å²) in [5.41, 5.74) is -1.13. The Morgan fingerprint density at radius 1 is 1.46 bits per heavy atom. The molecule has 0 aliphatic carbocycles. The fourth-order valence-corrected chi connectivity index (χ4v) is 1.98. The first-order valence-electron chi connectivity index (χ1n) is 6.53. The highest BCUT2D eigenvalue weighted by Crippen LogP contribution is 2.31. The molecule has 2 heterocycles. The van der Waals surface area contributed by atoms with E-state index < -0.39 is 17.0 Å². The Morgan fingerprint density at radius 3 is 2.67 bits per heavy atom. The lowest BCUT2D eigenvalue weighted by molar-refractivity contribution is -0.149. The summed E-state index contributed by atoms with van der Waals surface area (Å²) in [6, 6.07) is 1.88. The lowest BCUT2D eigenvalue weighted by Gasteiger charge is -2.19. The molecule has 12 heteroatoms. The number of pyridine rings is 1. The maximum Gasteiger partial charge on any atom is 0.364 e. The number of alkyl halides is 3. The Kier molecular flexibility index (Phi) is 5.36. The predicted molar refractivity (Wildman–Crippen MR) is 76.0 cm³/mol. The number of aryl methyl sites for hydroxylation is 1. The van der Waals surface area contributed by atoms with Crippen LogP contribution in [0.15, 0.2) is 12.1 Å². The number of carboxylic acid groups (broad SMARTS) is 1. The van der Waals surface area contributed by atoms with Gasteiger partial charge in [-0.15, -0.1) is 10.2 Å². The molecule has 0 fully saturated rings. The third-order valence-electron chi connectivity index (χ3n) is 2.95. The van der Waals surface area contributed by atoms with Crippen molar-refractivity contribution in [2.75, 3.05) is 7.11 Å². The third kappa shape index (κ3) is 4.40. The van der Waals surface area contributed by atoms with Crippen LogP contribution in [0.5, 0.6) is 0 Å². The number of hydrogen-bond donors (Lipinski definition) is 1. The summed E-state index contributed by atoms with van der Waals surface area (Å²) in [6.45, 7) is -0.149. The summed E-state index contributed by atoms with van der Waals surface area (Å²) in [5, 5.41) is 18.1. The van der Waals surface area contributed by atoms with Crippen LogP contribution in [0.25, 0.3) is 0 Å². The maximum atomic E-state index is 13.2. The van der Waals surface area contributed by atoms with Crippen LogP contribution in [0, 0.1) is 0 Å². The second kappa shape index (κ2) is 7.11. The Morgan fingerprint density at radius 2 is 2.17 bits per heavy atom. The van der Waals surface area contributed by atoms with Gasteiger partial charge in [0.2, 0.25) is 0 Å². The highest BCUT2D eigenvalue weighted by Gasteiger charge is 2.31. The van der Waals surface area contributed by atoms with Crippen molar-refractivity contribution in [1.29, 1.82) is 0 Å². The monoisotopic (exact) mass is 362 g/mol. The van der Waals surface area contributed by atoms with Gasteiger partial charge in [-0.3, -0.25) is 0 Å². The van der Waals surface area contributed by atoms with Crippen LogP contribution in [-0.2, 0) is 30.4 Å². The molecule has 24 heavy (non-hydrogen) atoms. The van der Waals surface area contributed by atoms with Gasteiger partial charge in [-0.2, -0.15) is 18.6 Å². The van der Waals surface area contributed by atoms with Crippen LogP contribution in [0.3, 0.4) is 0 Å². The maximum absolute atomic E-state index is 13.2. The Hall–Kier alpha value is -2.24. The Bertz CT molecular complexity index is 736. The normalized spacial score (nSPS) is 11.9. The van der Waals surface area contributed by atoms with E-state index >= 15 is 0 Å². The van der Waals surface area contributed by atoms with E-state index in [0.717, 1.165) is 12.1 Å². The van der Waals surface area contributed by atoms with Gasteiger partial charge in [0.15, 0.2) is 5.82 Å². The molecule has 0 spiro atoms. The van der Waals surface area contributed by atoms with E-state index in [0.29, 0.717) is 5.82 Å². The number of nitrogens with zero attached hydrogens (tertiary/aromatic N) is 6. The minimum Gasteiger partial charge on any atom is -0.478 e. The van der Waals surface area contributed by atoms with Gasteiger partial charge in [0.1, 0.15) is 5.69 Å². The average molecular weight is 363 g/mol. The molecule has 2 aromatic rings. The number of carbonyl (C=O) groups is 1. The number of aromatic carboxylic acids is 1. The van der Waals surface area contributed by atoms with E-state index in [-0.39, 0.29) is 24.3 Å². The predicted octanol–water partition coefficient (Wildman–Crippen LogP) is 1.15. The number of halogens is 3. The summed E-state index contributed by atoms with van der Waals surface area (Å²) >= 11 is 4.95. The average Bonchev–Trinajstić information content (AvgIpc) is 2.90. The van der Waals surface area contributed by atoms with E-state index in [9.17, 15) is 18.7 Å². The van der Waals surface area contributed by atoms with Crippen LogP contribution in [-0.4, -0.2) is 48.4 Å². The van der Waals surface area contributed by atoms with Gasteiger partial charge >= 0.3 is 11.4 Å². The van der Waals surface area contributed by atoms with Crippen molar-refractivity contribution < 1.29 is 23.5 Å². The van der Waals surface area contributed by atoms with E-state index in [4.69, 9.17) is 16.4 Å². The van der Waals surface area contributed by atoms with E-state index in [1.165, 1.54) is 17.0 Å². The first-order valence-corrected chi connectivity index (χ1v) is 6.91. The molecule has 0 atom stereocenters. The standard InChI is InChI=1S/C12H13ClF2N6O3/c1-20-18-10(17-19-20)6-21(24-2)5-8-7(11(22)23)3-4-9(16-8)12(13,14)15/h3-4H,5-6H2,1-2H3,(H,22,23). The first kappa shape index (κ1) is 18.1. The van der Waals surface area contributed by atoms with Crippen molar-refractivity contribution in [1.82, 2.24) is 30.3 Å². The minimum absolute atomic E-state index is 0.0482. The molecule has 0 saturated heterocycles. The third-order valence-corrected chi connectivity index (χ3v) is 3.14. The zero-order chi connectivity index (χ0) is 17.9. The van der Waals surface area contributed by atoms with Crippen molar-refractivity contribution in [3.8, 4) is 0 Å². The quantitative estimate of drug-likeness (QED) is 0.577. The zero-order valence-corrected chi connectivity index (χ0v) is 13.4. The van der Waals surface area contributed by atoms with Crippen molar-refractivity contribution in [3.63, 3.8) is 0 Å². The molecular formula is C12H13ClF2N6O3. The molecule has 0 amide bonds. The zero-order valence-electron chi connectivity index (χ0n) is 12.6. The van der Waals surface area contributed by atoms with Gasteiger partial charge in [-0.05, 0) is 28.9 Å². The van der Waals surface area contributed by atoms with Gasteiger partial charge in [-0.1, -0.05) is 0 Å². The largest absolute Gasteiger partial charge is 0.478 e. The lowest BCUT2D eigenvalue weighted by atomic mass is 10.1. The molecular weight excluding hydrogens is 350 g/mol. The Labute approximate surface area is 139 Å². The minimum atomic E-state index is -3.71. The van der Waals surface area contributed by atoms with Crippen LogP contribution in [0.1, 0.15) is 27.6 Å². The SMILES string of the molecule is CON(Cc1nnn(C)n1)Cc1nc(C(F)(F)Cl)ccc1C(=O)O. The van der Waals surface area contributed by atoms with Crippen molar-refractivity contribution in [3.05, 3.63) is 34.9 Å². The molecule has 0 aromatic carbocycles. The van der Waals surface area contributed by atoms with Crippen LogP contribution < -0.4 is 0 Å². The summed E-state index contributed by atoms with van der Waals surface area (Å²) in [6.07, 6.45) is 0. The lowest BCUT2D eigenvalue weighted by Crippen LogP contribution is -2.25. The first-order chi connectivity index (χ1) is 11.2. The van der Waals surface area contributed by atoms with Gasteiger partial charge in [-0.25, -0.2) is 9.78 Å². The van der Waals surface area contributed by atoms with Crippen LogP contribution >= 0.6 is 11.6 Å². The second-order valence-corrected chi connectivity index (χ2v) is 5.14. The molecule has 2 aromatic heterocycles. The Balaban J connectivity index is 2.28. The molecule has 0 saturated carbocycles. The molecule has 2 rings (SSSR count). The van der Waals surface area contributed by atoms with Crippen molar-refractivity contribution in [2.45, 2.75) is 18.5 Å². The molecule has 130 valence electrons. The number of aromatic nitrogens is 5. The summed E-state index contributed by atoms with van der Waals surface area (Å²) < 4.78 is 26.4. The number of hydroxylamine groups is 2. The molecule has 1 N–H and O–H groups in total. The highest BCUT2D eigenvalue weighted by atomic mass is 35.5. The molecule has 0 aliphatic heterocycles. The van der Waals surface area contributed by atoms with Crippen molar-refractivity contribution in [2.24, 2.45) is 7.05 Å². The second-order valence-electron chi connectivity index (χ2n) is 4.67. The van der Waals surface area contributed by atoms with Crippen LogP contribution in [0.2, 0.25) is 0 Å². The van der Waals surface area contributed by atoms with Gasteiger partial charge < -0.3 is 9.94 Å². The highest BCUT2D eigenvalue weighted by molar-refractivity contribution is 6.21. The topological polar surface area (TPSA) is 106 Å². The summed E-state index contributed by atoms with van der Waals surface area (Å²) in [7, 11) is 2.90. The fraction of sp³-hybridized carbons (Fsp3) is 0.417. The molecule has 0 aliphatic rings. The van der Waals surface area contributed by atoms with Gasteiger partial charge in [0, 0.05) is 0 Å². The van der Waals surface area contributed by atoms with E-state index in [1.807, 2.05) is 0 Å². The van der Waals surface area contributed by atoms with Gasteiger partial charge in [0.05, 0.1) is 38.5 Å². The number of carboxylic acids is 1. The van der Waals surface area contributed by atoms with E-state index in [1.54, 1.807) is 7.05 Å². The van der Waals surface area contributed by atoms with E-state index in [2.05, 4.69) is 20.4 Å². The van der Waals surface area contributed by atoms with Gasteiger partial charge in [0.25, 0.3) is 0 Å². The molecule has 0 radical (unpaired) electrons. The number of rotatable bonds is 7. The molecule has 0 bridgehead atoms. The molecule has 0 unspecified atom stereocenters.